The van der Waals surface area contributed by atoms with Gasteiger partial charge in [-0.15, -0.1) is 0 Å². The van der Waals surface area contributed by atoms with E-state index in [4.69, 9.17) is 9.47 Å². The number of aromatic nitrogens is 2. The van der Waals surface area contributed by atoms with Gasteiger partial charge in [0.25, 0.3) is 5.88 Å². The highest BCUT2D eigenvalue weighted by atomic mass is 16.5. The van der Waals surface area contributed by atoms with Crippen LogP contribution >= 0.6 is 0 Å². The Bertz CT molecular complexity index is 760. The van der Waals surface area contributed by atoms with Crippen LogP contribution in [-0.4, -0.2) is 23.2 Å². The quantitative estimate of drug-likeness (QED) is 0.782. The van der Waals surface area contributed by atoms with E-state index in [0.29, 0.717) is 22.8 Å². The summed E-state index contributed by atoms with van der Waals surface area (Å²) >= 11 is 0. The summed E-state index contributed by atoms with van der Waals surface area (Å²) in [5.41, 5.74) is 2.08. The third-order valence-corrected chi connectivity index (χ3v) is 4.03. The molecule has 0 unspecified atom stereocenters. The van der Waals surface area contributed by atoms with Gasteiger partial charge in [-0.1, -0.05) is 6.07 Å². The van der Waals surface area contributed by atoms with Crippen molar-refractivity contribution in [1.82, 2.24) is 9.97 Å². The number of hydrogen-bond acceptors (Lipinski definition) is 5. The maximum absolute atomic E-state index is 9.50. The van der Waals surface area contributed by atoms with Gasteiger partial charge in [0.1, 0.15) is 0 Å². The smallest absolute Gasteiger partial charge is 0.256 e. The normalized spacial score (nSPS) is 15.1. The second-order valence-electron chi connectivity index (χ2n) is 5.71. The zero-order valence-electron chi connectivity index (χ0n) is 13.6. The first-order valence-corrected chi connectivity index (χ1v) is 8.03. The molecule has 0 amide bonds. The van der Waals surface area contributed by atoms with E-state index in [9.17, 15) is 5.26 Å². The number of ether oxygens (including phenoxy) is 2. The first-order valence-electron chi connectivity index (χ1n) is 8.03. The molecule has 1 aliphatic rings. The average Bonchev–Trinajstić information content (AvgIpc) is 3.13. The van der Waals surface area contributed by atoms with Crippen molar-refractivity contribution < 1.29 is 9.47 Å². The molecule has 0 saturated heterocycles. The van der Waals surface area contributed by atoms with Crippen LogP contribution in [0.2, 0.25) is 0 Å². The predicted octanol–water partition coefficient (Wildman–Crippen LogP) is 3.87. The Labute approximate surface area is 141 Å². The minimum atomic E-state index is 0.198. The fourth-order valence-electron chi connectivity index (χ4n) is 2.81. The zero-order valence-corrected chi connectivity index (χ0v) is 13.6. The number of nitriles is 1. The van der Waals surface area contributed by atoms with E-state index in [1.54, 1.807) is 31.8 Å². The van der Waals surface area contributed by atoms with E-state index in [1.165, 1.54) is 12.8 Å². The fraction of sp³-hybridized carbons (Fsp3) is 0.316. The molecule has 1 aliphatic carbocycles. The molecule has 122 valence electrons. The highest BCUT2D eigenvalue weighted by Crippen LogP contribution is 2.32. The van der Waals surface area contributed by atoms with Crippen LogP contribution in [0.3, 0.4) is 0 Å². The minimum absolute atomic E-state index is 0.198. The summed E-state index contributed by atoms with van der Waals surface area (Å²) in [6, 6.07) is 7.79. The van der Waals surface area contributed by atoms with Crippen LogP contribution in [0, 0.1) is 11.3 Å². The van der Waals surface area contributed by atoms with Crippen molar-refractivity contribution in [2.75, 3.05) is 7.11 Å². The third-order valence-electron chi connectivity index (χ3n) is 4.03. The van der Waals surface area contributed by atoms with Crippen LogP contribution < -0.4 is 9.47 Å². The number of nitrogens with zero attached hydrogens (tertiary/aromatic N) is 3. The Hall–Kier alpha value is -2.87. The maximum atomic E-state index is 9.50. The predicted molar refractivity (Wildman–Crippen MR) is 91.4 cm³/mol. The number of rotatable bonds is 5. The van der Waals surface area contributed by atoms with Crippen LogP contribution in [0.1, 0.15) is 36.8 Å². The van der Waals surface area contributed by atoms with Gasteiger partial charge < -0.3 is 9.47 Å². The molecule has 0 aromatic carbocycles. The molecule has 2 aromatic rings. The molecule has 24 heavy (non-hydrogen) atoms. The van der Waals surface area contributed by atoms with Gasteiger partial charge in [0, 0.05) is 24.2 Å². The molecule has 0 bridgehead atoms. The molecule has 5 heteroatoms. The second kappa shape index (κ2) is 7.60. The maximum Gasteiger partial charge on any atom is 0.256 e. The van der Waals surface area contributed by atoms with Crippen molar-refractivity contribution >= 4 is 11.6 Å². The Balaban J connectivity index is 1.92. The molecule has 0 radical (unpaired) electrons. The topological polar surface area (TPSA) is 68.0 Å². The second-order valence-corrected chi connectivity index (χ2v) is 5.71. The van der Waals surface area contributed by atoms with E-state index >= 15 is 0 Å². The summed E-state index contributed by atoms with van der Waals surface area (Å²) in [7, 11) is 1.57. The standard InChI is InChI=1S/C19H19N3O2/c1-23-19-18(24-17-6-2-3-7-17)10-16(13-22-19)15(11-20)9-14-5-4-8-21-12-14/h4-5,8-10,12-13,17H,2-3,6-7H2,1H3. The number of pyridine rings is 2. The van der Waals surface area contributed by atoms with E-state index in [0.717, 1.165) is 18.4 Å². The summed E-state index contributed by atoms with van der Waals surface area (Å²) in [6.07, 6.45) is 11.5. The molecule has 3 rings (SSSR count). The molecule has 2 aromatic heterocycles. The van der Waals surface area contributed by atoms with Gasteiger partial charge in [-0.25, -0.2) is 4.98 Å². The third kappa shape index (κ3) is 3.72. The van der Waals surface area contributed by atoms with Crippen molar-refractivity contribution in [2.45, 2.75) is 31.8 Å². The molecule has 0 spiro atoms. The van der Waals surface area contributed by atoms with Crippen LogP contribution in [0.4, 0.5) is 0 Å². The monoisotopic (exact) mass is 321 g/mol. The molecule has 1 saturated carbocycles. The Morgan fingerprint density at radius 2 is 2.17 bits per heavy atom. The van der Waals surface area contributed by atoms with E-state index in [1.807, 2.05) is 18.2 Å². The van der Waals surface area contributed by atoms with Crippen molar-refractivity contribution in [3.8, 4) is 17.7 Å². The summed E-state index contributed by atoms with van der Waals surface area (Å²) in [4.78, 5) is 8.36. The fourth-order valence-corrected chi connectivity index (χ4v) is 2.81. The molecule has 0 atom stereocenters. The van der Waals surface area contributed by atoms with E-state index < -0.39 is 0 Å². The zero-order chi connectivity index (χ0) is 16.8. The first kappa shape index (κ1) is 16.0. The van der Waals surface area contributed by atoms with Gasteiger partial charge in [0.15, 0.2) is 5.75 Å². The van der Waals surface area contributed by atoms with Crippen molar-refractivity contribution in [3.63, 3.8) is 0 Å². The molecule has 0 N–H and O–H groups in total. The molecule has 1 fully saturated rings. The van der Waals surface area contributed by atoms with Gasteiger partial charge in [-0.3, -0.25) is 4.98 Å². The van der Waals surface area contributed by atoms with Crippen molar-refractivity contribution in [3.05, 3.63) is 47.9 Å². The number of allylic oxidation sites excluding steroid dienone is 1. The SMILES string of the molecule is COc1ncc(C(C#N)=Cc2cccnc2)cc1OC1CCCC1. The summed E-state index contributed by atoms with van der Waals surface area (Å²) < 4.78 is 11.3. The van der Waals surface area contributed by atoms with Gasteiger partial charge in [-0.05, 0) is 49.5 Å². The molecular weight excluding hydrogens is 302 g/mol. The van der Waals surface area contributed by atoms with E-state index in [-0.39, 0.29) is 6.10 Å². The van der Waals surface area contributed by atoms with Crippen molar-refractivity contribution in [2.24, 2.45) is 0 Å². The minimum Gasteiger partial charge on any atom is -0.485 e. The first-order chi connectivity index (χ1) is 11.8. The van der Waals surface area contributed by atoms with Crippen LogP contribution in [0.25, 0.3) is 11.6 Å². The van der Waals surface area contributed by atoms with Crippen LogP contribution in [0.15, 0.2) is 36.8 Å². The lowest BCUT2D eigenvalue weighted by Gasteiger charge is -2.15. The van der Waals surface area contributed by atoms with E-state index in [2.05, 4.69) is 16.0 Å². The molecular formula is C19H19N3O2. The largest absolute Gasteiger partial charge is 0.485 e. The van der Waals surface area contributed by atoms with Gasteiger partial charge in [0.05, 0.1) is 24.9 Å². The highest BCUT2D eigenvalue weighted by Gasteiger charge is 2.19. The van der Waals surface area contributed by atoms with Gasteiger partial charge in [0.2, 0.25) is 0 Å². The molecule has 5 nitrogen and oxygen atoms in total. The molecule has 2 heterocycles. The Morgan fingerprint density at radius 3 is 2.83 bits per heavy atom. The summed E-state index contributed by atoms with van der Waals surface area (Å²) in [6.45, 7) is 0. The number of methoxy groups -OCH3 is 1. The Morgan fingerprint density at radius 1 is 1.33 bits per heavy atom. The van der Waals surface area contributed by atoms with Gasteiger partial charge >= 0.3 is 0 Å². The average molecular weight is 321 g/mol. The van der Waals surface area contributed by atoms with Crippen LogP contribution in [0.5, 0.6) is 11.6 Å². The highest BCUT2D eigenvalue weighted by molar-refractivity contribution is 5.89. The summed E-state index contributed by atoms with van der Waals surface area (Å²) in [5.74, 6) is 1.04. The lowest BCUT2D eigenvalue weighted by molar-refractivity contribution is 0.198. The molecule has 0 aliphatic heterocycles. The number of hydrogen-bond donors (Lipinski definition) is 0. The lowest BCUT2D eigenvalue weighted by atomic mass is 10.1. The van der Waals surface area contributed by atoms with Crippen molar-refractivity contribution in [1.29, 1.82) is 5.26 Å². The Kier molecular flexibility index (Phi) is 5.07. The lowest BCUT2D eigenvalue weighted by Crippen LogP contribution is -2.12. The van der Waals surface area contributed by atoms with Gasteiger partial charge in [-0.2, -0.15) is 5.26 Å². The summed E-state index contributed by atoms with van der Waals surface area (Å²) in [5, 5.41) is 9.50. The van der Waals surface area contributed by atoms with Crippen LogP contribution in [-0.2, 0) is 0 Å².